The highest BCUT2D eigenvalue weighted by Gasteiger charge is 2.28. The smallest absolute Gasteiger partial charge is 0.161 e. The number of likely N-dealkylation sites (tertiary alicyclic amines) is 1. The van der Waals surface area contributed by atoms with Crippen LogP contribution in [-0.4, -0.2) is 50.3 Å². The first-order valence-electron chi connectivity index (χ1n) is 14.3. The van der Waals surface area contributed by atoms with Gasteiger partial charge in [0.05, 0.1) is 19.7 Å². The molecule has 2 aliphatic carbocycles. The molecule has 0 radical (unpaired) electrons. The molecule has 0 spiro atoms. The average molecular weight is 500 g/mol. The van der Waals surface area contributed by atoms with Crippen molar-refractivity contribution >= 4 is 16.6 Å². The molecule has 196 valence electrons. The minimum atomic E-state index is 0.760. The molecule has 1 N–H and O–H groups in total. The zero-order chi connectivity index (χ0) is 25.2. The number of methoxy groups -OCH3 is 2. The van der Waals surface area contributed by atoms with Crippen LogP contribution in [-0.2, 0) is 25.7 Å². The van der Waals surface area contributed by atoms with Gasteiger partial charge < -0.3 is 19.7 Å². The highest BCUT2D eigenvalue weighted by Crippen LogP contribution is 2.39. The molecule has 0 bridgehead atoms. The summed E-state index contributed by atoms with van der Waals surface area (Å²) in [4.78, 5) is 7.66. The number of ether oxygens (including phenoxy) is 2. The van der Waals surface area contributed by atoms with Crippen LogP contribution in [0.25, 0.3) is 10.9 Å². The summed E-state index contributed by atoms with van der Waals surface area (Å²) in [6.07, 6.45) is 11.2. The van der Waals surface area contributed by atoms with Crippen molar-refractivity contribution in [2.75, 3.05) is 45.7 Å². The van der Waals surface area contributed by atoms with Gasteiger partial charge in [-0.05, 0) is 118 Å². The van der Waals surface area contributed by atoms with E-state index in [4.69, 9.17) is 14.5 Å². The monoisotopic (exact) mass is 499 g/mol. The number of nitrogens with zero attached hydrogens (tertiary/aromatic N) is 2. The van der Waals surface area contributed by atoms with Gasteiger partial charge in [-0.2, -0.15) is 0 Å². The van der Waals surface area contributed by atoms with Crippen LogP contribution < -0.4 is 14.8 Å². The van der Waals surface area contributed by atoms with Crippen molar-refractivity contribution < 1.29 is 9.47 Å². The number of hydrogen-bond donors (Lipinski definition) is 1. The van der Waals surface area contributed by atoms with Gasteiger partial charge in [0.25, 0.3) is 0 Å². The lowest BCUT2D eigenvalue weighted by atomic mass is 9.86. The Morgan fingerprint density at radius 1 is 0.919 bits per heavy atom. The van der Waals surface area contributed by atoms with Gasteiger partial charge >= 0.3 is 0 Å². The maximum Gasteiger partial charge on any atom is 0.161 e. The van der Waals surface area contributed by atoms with E-state index in [2.05, 4.69) is 46.6 Å². The zero-order valence-electron chi connectivity index (χ0n) is 22.5. The van der Waals surface area contributed by atoms with Crippen molar-refractivity contribution in [2.45, 2.75) is 57.8 Å². The third-order valence-electron chi connectivity index (χ3n) is 9.00. The Kier molecular flexibility index (Phi) is 7.23. The third kappa shape index (κ3) is 5.16. The minimum Gasteiger partial charge on any atom is -0.493 e. The Balaban J connectivity index is 1.00. The van der Waals surface area contributed by atoms with E-state index < -0.39 is 0 Å². The van der Waals surface area contributed by atoms with Crippen LogP contribution in [0.15, 0.2) is 36.4 Å². The molecular formula is C32H41N3O2. The Morgan fingerprint density at radius 3 is 2.35 bits per heavy atom. The molecule has 0 amide bonds. The Labute approximate surface area is 221 Å². The largest absolute Gasteiger partial charge is 0.493 e. The Hall–Kier alpha value is -2.79. The number of piperidine rings is 1. The van der Waals surface area contributed by atoms with Crippen molar-refractivity contribution in [3.8, 4) is 11.5 Å². The lowest BCUT2D eigenvalue weighted by Gasteiger charge is -2.33. The molecule has 37 heavy (non-hydrogen) atoms. The van der Waals surface area contributed by atoms with E-state index in [1.165, 1.54) is 91.5 Å². The number of aromatic nitrogens is 1. The molecule has 5 heteroatoms. The van der Waals surface area contributed by atoms with E-state index in [0.717, 1.165) is 54.8 Å². The van der Waals surface area contributed by atoms with Gasteiger partial charge in [-0.15, -0.1) is 0 Å². The summed E-state index contributed by atoms with van der Waals surface area (Å²) >= 11 is 0. The number of rotatable bonds is 8. The first kappa shape index (κ1) is 24.5. The standard InChI is InChI=1S/C32H41N3O2/c1-36-30-20-24-18-23(19-25(24)21-31(30)37-2)17-22-11-14-35(15-12-22)16-13-33-32-26-7-3-5-9-28(26)34-29-10-6-4-8-27(29)32/h3,5,7,9,20-23H,4,6,8,10-19H2,1-2H3,(H,33,34). The normalized spacial score (nSPS) is 18.5. The molecule has 3 aromatic rings. The third-order valence-corrected chi connectivity index (χ3v) is 9.00. The van der Waals surface area contributed by atoms with Gasteiger partial charge in [-0.3, -0.25) is 4.98 Å². The van der Waals surface area contributed by atoms with Crippen molar-refractivity contribution in [1.82, 2.24) is 9.88 Å². The van der Waals surface area contributed by atoms with Crippen LogP contribution in [0, 0.1) is 11.8 Å². The van der Waals surface area contributed by atoms with Gasteiger partial charge in [0, 0.05) is 29.9 Å². The molecule has 0 saturated carbocycles. The van der Waals surface area contributed by atoms with E-state index in [9.17, 15) is 0 Å². The number of hydrogen-bond acceptors (Lipinski definition) is 5. The predicted octanol–water partition coefficient (Wildman–Crippen LogP) is 6.06. The molecule has 0 unspecified atom stereocenters. The summed E-state index contributed by atoms with van der Waals surface area (Å²) in [6.45, 7) is 4.57. The van der Waals surface area contributed by atoms with Crippen LogP contribution in [0.3, 0.4) is 0 Å². The number of nitrogens with one attached hydrogen (secondary N) is 1. The first-order chi connectivity index (χ1) is 18.2. The Bertz CT molecular complexity index is 1220. The highest BCUT2D eigenvalue weighted by atomic mass is 16.5. The molecule has 5 nitrogen and oxygen atoms in total. The molecule has 1 fully saturated rings. The molecule has 2 heterocycles. The summed E-state index contributed by atoms with van der Waals surface area (Å²) in [7, 11) is 3.46. The fourth-order valence-electron chi connectivity index (χ4n) is 7.03. The molecule has 1 aromatic heterocycles. The summed E-state index contributed by atoms with van der Waals surface area (Å²) in [6, 6.07) is 13.1. The number of para-hydroxylation sites is 1. The van der Waals surface area contributed by atoms with Gasteiger partial charge in [0.15, 0.2) is 11.5 Å². The van der Waals surface area contributed by atoms with Crippen molar-refractivity contribution in [1.29, 1.82) is 0 Å². The van der Waals surface area contributed by atoms with Crippen molar-refractivity contribution in [3.63, 3.8) is 0 Å². The average Bonchev–Trinajstić information content (AvgIpc) is 3.33. The zero-order valence-corrected chi connectivity index (χ0v) is 22.5. The Morgan fingerprint density at radius 2 is 1.62 bits per heavy atom. The molecule has 1 aliphatic heterocycles. The van der Waals surface area contributed by atoms with Gasteiger partial charge in [0.2, 0.25) is 0 Å². The van der Waals surface area contributed by atoms with Crippen LogP contribution in [0.2, 0.25) is 0 Å². The van der Waals surface area contributed by atoms with Crippen LogP contribution >= 0.6 is 0 Å². The summed E-state index contributed by atoms with van der Waals surface area (Å²) in [5.41, 5.74) is 8.19. The summed E-state index contributed by atoms with van der Waals surface area (Å²) in [5, 5.41) is 5.15. The van der Waals surface area contributed by atoms with Gasteiger partial charge in [-0.25, -0.2) is 0 Å². The molecule has 3 aliphatic rings. The second kappa shape index (κ2) is 10.9. The number of benzene rings is 2. The summed E-state index contributed by atoms with van der Waals surface area (Å²) in [5.74, 6) is 3.34. The topological polar surface area (TPSA) is 46.6 Å². The molecule has 1 saturated heterocycles. The van der Waals surface area contributed by atoms with E-state index in [1.807, 2.05) is 0 Å². The van der Waals surface area contributed by atoms with Crippen molar-refractivity contribution in [3.05, 3.63) is 58.8 Å². The SMILES string of the molecule is COc1cc2c(cc1OC)CC(CC1CCN(CCNc3c4c(nc5ccccc35)CCCC4)CC1)C2. The fraction of sp³-hybridized carbons (Fsp3) is 0.531. The maximum absolute atomic E-state index is 5.53. The van der Waals surface area contributed by atoms with E-state index in [-0.39, 0.29) is 0 Å². The quantitative estimate of drug-likeness (QED) is 0.408. The molecular weight excluding hydrogens is 458 g/mol. The first-order valence-corrected chi connectivity index (χ1v) is 14.3. The number of anilines is 1. The lowest BCUT2D eigenvalue weighted by molar-refractivity contribution is 0.172. The number of pyridine rings is 1. The number of fused-ring (bicyclic) bond motifs is 3. The molecule has 0 atom stereocenters. The predicted molar refractivity (Wildman–Crippen MR) is 151 cm³/mol. The fourth-order valence-corrected chi connectivity index (χ4v) is 7.03. The highest BCUT2D eigenvalue weighted by molar-refractivity contribution is 5.93. The second-order valence-electron chi connectivity index (χ2n) is 11.3. The van der Waals surface area contributed by atoms with Gasteiger partial charge in [0.1, 0.15) is 0 Å². The van der Waals surface area contributed by atoms with Crippen LogP contribution in [0.1, 0.15) is 54.5 Å². The lowest BCUT2D eigenvalue weighted by Crippen LogP contribution is -2.37. The second-order valence-corrected chi connectivity index (χ2v) is 11.3. The molecule has 2 aromatic carbocycles. The van der Waals surface area contributed by atoms with Crippen LogP contribution in [0.5, 0.6) is 11.5 Å². The van der Waals surface area contributed by atoms with E-state index >= 15 is 0 Å². The van der Waals surface area contributed by atoms with E-state index in [1.54, 1.807) is 14.2 Å². The van der Waals surface area contributed by atoms with Crippen LogP contribution in [0.4, 0.5) is 5.69 Å². The summed E-state index contributed by atoms with van der Waals surface area (Å²) < 4.78 is 11.1. The maximum atomic E-state index is 5.53. The molecule has 6 rings (SSSR count). The minimum absolute atomic E-state index is 0.760. The van der Waals surface area contributed by atoms with E-state index in [0.29, 0.717) is 0 Å². The number of aryl methyl sites for hydroxylation is 1. The van der Waals surface area contributed by atoms with Crippen molar-refractivity contribution in [2.24, 2.45) is 11.8 Å². The van der Waals surface area contributed by atoms with Gasteiger partial charge in [-0.1, -0.05) is 18.2 Å².